The summed E-state index contributed by atoms with van der Waals surface area (Å²) < 4.78 is 0. The Morgan fingerprint density at radius 2 is 1.84 bits per heavy atom. The van der Waals surface area contributed by atoms with E-state index in [1.165, 1.54) is 15.4 Å². The van der Waals surface area contributed by atoms with Crippen LogP contribution < -0.4 is 21.7 Å². The number of rotatable bonds is 7. The molecule has 0 radical (unpaired) electrons. The average molecular weight is 515 g/mol. The van der Waals surface area contributed by atoms with Crippen molar-refractivity contribution < 1.29 is 19.2 Å². The lowest BCUT2D eigenvalue weighted by atomic mass is 9.85. The van der Waals surface area contributed by atoms with Crippen LogP contribution in [0.5, 0.6) is 0 Å². The number of benzene rings is 1. The van der Waals surface area contributed by atoms with Crippen LogP contribution in [0.1, 0.15) is 57.7 Å². The van der Waals surface area contributed by atoms with E-state index < -0.39 is 23.5 Å². The maximum absolute atomic E-state index is 13.9. The predicted octanol–water partition coefficient (Wildman–Crippen LogP) is 0.317. The molecule has 4 amide bonds. The zero-order valence-corrected chi connectivity index (χ0v) is 22.7. The van der Waals surface area contributed by atoms with E-state index in [1.807, 2.05) is 39.0 Å². The standard InChI is InChI=1S/C27H42N6O4/c1-17(29-5)24(35)31-23(27(2,3)4)26(37)33-14-13-32(22(34)15-28)16-21(33)25(36)30-20-12-8-10-18-9-6-7-11-19(18)20/h6-7,9,11,17,20-21,23,29H,8,10,12-16,28H2,1-5H3,(H,30,36)(H,31,35)/t17-,20+,21-,23+/m0/s1. The molecule has 0 aromatic heterocycles. The number of likely N-dealkylation sites (N-methyl/N-ethyl adjacent to an activating group) is 1. The molecule has 0 unspecified atom stereocenters. The Labute approximate surface area is 219 Å². The molecule has 0 bridgehead atoms. The normalized spacial score (nSPS) is 21.5. The van der Waals surface area contributed by atoms with Crippen molar-refractivity contribution in [3.63, 3.8) is 0 Å². The summed E-state index contributed by atoms with van der Waals surface area (Å²) in [6.45, 7) is 7.69. The number of nitrogens with zero attached hydrogens (tertiary/aromatic N) is 2. The second kappa shape index (κ2) is 12.0. The van der Waals surface area contributed by atoms with Crippen LogP contribution in [0.2, 0.25) is 0 Å². The van der Waals surface area contributed by atoms with Gasteiger partial charge in [0.2, 0.25) is 23.6 Å². The molecule has 5 N–H and O–H groups in total. The van der Waals surface area contributed by atoms with Gasteiger partial charge in [-0.25, -0.2) is 0 Å². The SMILES string of the molecule is CN[C@@H](C)C(=O)N[C@H](C(=O)N1CCN(C(=O)CN)C[C@H]1C(=O)N[C@@H]1CCCc2ccccc21)C(C)(C)C. The number of hydrogen-bond acceptors (Lipinski definition) is 6. The van der Waals surface area contributed by atoms with Crippen molar-refractivity contribution >= 4 is 23.6 Å². The Morgan fingerprint density at radius 3 is 2.49 bits per heavy atom. The summed E-state index contributed by atoms with van der Waals surface area (Å²) in [5.74, 6) is -1.22. The smallest absolute Gasteiger partial charge is 0.246 e. The van der Waals surface area contributed by atoms with Crippen LogP contribution in [0.15, 0.2) is 24.3 Å². The van der Waals surface area contributed by atoms with Gasteiger partial charge in [-0.2, -0.15) is 0 Å². The highest BCUT2D eigenvalue weighted by Gasteiger charge is 2.43. The molecule has 1 saturated heterocycles. The molecule has 1 aliphatic heterocycles. The molecule has 1 aliphatic carbocycles. The first-order valence-corrected chi connectivity index (χ1v) is 13.1. The topological polar surface area (TPSA) is 137 Å². The molecule has 0 saturated carbocycles. The van der Waals surface area contributed by atoms with E-state index >= 15 is 0 Å². The zero-order chi connectivity index (χ0) is 27.3. The first kappa shape index (κ1) is 28.6. The van der Waals surface area contributed by atoms with E-state index in [-0.39, 0.29) is 55.8 Å². The number of carbonyl (C=O) groups excluding carboxylic acids is 4. The molecule has 1 heterocycles. The summed E-state index contributed by atoms with van der Waals surface area (Å²) in [7, 11) is 1.68. The van der Waals surface area contributed by atoms with Gasteiger partial charge in [-0.3, -0.25) is 19.2 Å². The van der Waals surface area contributed by atoms with Gasteiger partial charge in [0.25, 0.3) is 0 Å². The largest absolute Gasteiger partial charge is 0.347 e. The Bertz CT molecular complexity index is 1010. The number of aryl methyl sites for hydroxylation is 1. The number of fused-ring (bicyclic) bond motifs is 1. The molecular formula is C27H42N6O4. The molecule has 10 heteroatoms. The Morgan fingerprint density at radius 1 is 1.14 bits per heavy atom. The number of carbonyl (C=O) groups is 4. The second-order valence-corrected chi connectivity index (χ2v) is 11.1. The predicted molar refractivity (Wildman–Crippen MR) is 141 cm³/mol. The van der Waals surface area contributed by atoms with Gasteiger partial charge < -0.3 is 31.5 Å². The van der Waals surface area contributed by atoms with E-state index in [0.717, 1.165) is 24.8 Å². The first-order chi connectivity index (χ1) is 17.5. The lowest BCUT2D eigenvalue weighted by Crippen LogP contribution is -2.66. The number of nitrogens with two attached hydrogens (primary N) is 1. The molecule has 0 spiro atoms. The Hall–Kier alpha value is -2.98. The van der Waals surface area contributed by atoms with E-state index in [4.69, 9.17) is 5.73 Å². The summed E-state index contributed by atoms with van der Waals surface area (Å²) in [6, 6.07) is 5.68. The van der Waals surface area contributed by atoms with Crippen LogP contribution in [0.25, 0.3) is 0 Å². The van der Waals surface area contributed by atoms with Crippen LogP contribution in [0, 0.1) is 5.41 Å². The zero-order valence-electron chi connectivity index (χ0n) is 22.7. The molecule has 1 aromatic carbocycles. The number of piperazine rings is 1. The third-order valence-corrected chi connectivity index (χ3v) is 7.41. The number of amides is 4. The Kier molecular flexibility index (Phi) is 9.31. The third-order valence-electron chi connectivity index (χ3n) is 7.41. The van der Waals surface area contributed by atoms with Gasteiger partial charge in [0.05, 0.1) is 25.2 Å². The fraction of sp³-hybridized carbons (Fsp3) is 0.630. The second-order valence-electron chi connectivity index (χ2n) is 11.1. The van der Waals surface area contributed by atoms with Gasteiger partial charge in [0.1, 0.15) is 12.1 Å². The van der Waals surface area contributed by atoms with Crippen LogP contribution >= 0.6 is 0 Å². The minimum Gasteiger partial charge on any atom is -0.347 e. The van der Waals surface area contributed by atoms with Crippen LogP contribution in [0.3, 0.4) is 0 Å². The average Bonchev–Trinajstić information content (AvgIpc) is 2.89. The number of nitrogens with one attached hydrogen (secondary N) is 3. The highest BCUT2D eigenvalue weighted by Crippen LogP contribution is 2.30. The van der Waals surface area contributed by atoms with Crippen molar-refractivity contribution in [3.8, 4) is 0 Å². The van der Waals surface area contributed by atoms with Gasteiger partial charge in [-0.1, -0.05) is 45.0 Å². The molecule has 204 valence electrons. The third kappa shape index (κ3) is 6.67. The monoisotopic (exact) mass is 514 g/mol. The van der Waals surface area contributed by atoms with Gasteiger partial charge in [0.15, 0.2) is 0 Å². The van der Waals surface area contributed by atoms with Crippen molar-refractivity contribution in [3.05, 3.63) is 35.4 Å². The highest BCUT2D eigenvalue weighted by atomic mass is 16.2. The lowest BCUT2D eigenvalue weighted by Gasteiger charge is -2.44. The lowest BCUT2D eigenvalue weighted by molar-refractivity contribution is -0.152. The maximum atomic E-state index is 13.9. The molecule has 3 rings (SSSR count). The van der Waals surface area contributed by atoms with Crippen molar-refractivity contribution in [1.29, 1.82) is 0 Å². The molecule has 1 fully saturated rings. The van der Waals surface area contributed by atoms with Crippen LogP contribution in [0.4, 0.5) is 0 Å². The number of hydrogen-bond donors (Lipinski definition) is 4. The molecular weight excluding hydrogens is 472 g/mol. The Balaban J connectivity index is 1.87. The fourth-order valence-corrected chi connectivity index (χ4v) is 5.01. The van der Waals surface area contributed by atoms with E-state index in [0.29, 0.717) is 0 Å². The van der Waals surface area contributed by atoms with E-state index in [1.54, 1.807) is 14.0 Å². The summed E-state index contributed by atoms with van der Waals surface area (Å²) in [5.41, 5.74) is 7.30. The summed E-state index contributed by atoms with van der Waals surface area (Å²) in [5, 5.41) is 8.92. The van der Waals surface area contributed by atoms with Crippen molar-refractivity contribution in [2.24, 2.45) is 11.1 Å². The quantitative estimate of drug-likeness (QED) is 0.414. The molecule has 1 aromatic rings. The minimum atomic E-state index is -0.894. The maximum Gasteiger partial charge on any atom is 0.246 e. The van der Waals surface area contributed by atoms with Gasteiger partial charge in [-0.15, -0.1) is 0 Å². The van der Waals surface area contributed by atoms with Crippen molar-refractivity contribution in [1.82, 2.24) is 25.8 Å². The van der Waals surface area contributed by atoms with E-state index in [9.17, 15) is 19.2 Å². The van der Waals surface area contributed by atoms with Crippen molar-refractivity contribution in [2.45, 2.75) is 71.1 Å². The highest BCUT2D eigenvalue weighted by molar-refractivity contribution is 5.94. The first-order valence-electron chi connectivity index (χ1n) is 13.1. The van der Waals surface area contributed by atoms with E-state index in [2.05, 4.69) is 22.0 Å². The van der Waals surface area contributed by atoms with Gasteiger partial charge in [0, 0.05) is 13.1 Å². The minimum absolute atomic E-state index is 0.0553. The molecule has 2 aliphatic rings. The molecule has 10 nitrogen and oxygen atoms in total. The van der Waals surface area contributed by atoms with Crippen molar-refractivity contribution in [2.75, 3.05) is 33.2 Å². The summed E-state index contributed by atoms with van der Waals surface area (Å²) in [4.78, 5) is 55.8. The van der Waals surface area contributed by atoms with Gasteiger partial charge in [-0.05, 0) is 49.8 Å². The van der Waals surface area contributed by atoms with Crippen LogP contribution in [-0.2, 0) is 25.6 Å². The fourth-order valence-electron chi connectivity index (χ4n) is 5.01. The summed E-state index contributed by atoms with van der Waals surface area (Å²) >= 11 is 0. The summed E-state index contributed by atoms with van der Waals surface area (Å²) in [6.07, 6.45) is 2.72. The van der Waals surface area contributed by atoms with Gasteiger partial charge >= 0.3 is 0 Å². The van der Waals surface area contributed by atoms with Crippen LogP contribution in [-0.4, -0.2) is 84.8 Å². The molecule has 37 heavy (non-hydrogen) atoms. The molecule has 4 atom stereocenters.